The molecule has 1 aliphatic rings. The van der Waals surface area contributed by atoms with Crippen LogP contribution < -0.4 is 5.73 Å². The van der Waals surface area contributed by atoms with Crippen LogP contribution in [0.15, 0.2) is 0 Å². The second-order valence-electron chi connectivity index (χ2n) is 3.91. The van der Waals surface area contributed by atoms with Crippen LogP contribution in [0.5, 0.6) is 0 Å². The number of aliphatic hydroxyl groups is 1. The molecule has 1 rings (SSSR count). The average molecular weight is 224 g/mol. The van der Waals surface area contributed by atoms with Gasteiger partial charge in [0, 0.05) is 0 Å². The fourth-order valence-corrected chi connectivity index (χ4v) is 1.56. The van der Waals surface area contributed by atoms with Gasteiger partial charge in [0.2, 0.25) is 0 Å². The molecule has 4 nitrogen and oxygen atoms in total. The lowest BCUT2D eigenvalue weighted by molar-refractivity contribution is -0.146. The van der Waals surface area contributed by atoms with Gasteiger partial charge < -0.3 is 15.6 Å². The van der Waals surface area contributed by atoms with Crippen LogP contribution in [0.2, 0.25) is 0 Å². The molecule has 0 aromatic carbocycles. The number of ether oxygens (including phenoxy) is 1. The van der Waals surface area contributed by atoms with Crippen molar-refractivity contribution in [3.05, 3.63) is 0 Å². The summed E-state index contributed by atoms with van der Waals surface area (Å²) in [7, 11) is 0. The highest BCUT2D eigenvalue weighted by atomic mass is 35.5. The average Bonchev–Trinajstić information content (AvgIpc) is 2.46. The smallest absolute Gasteiger partial charge is 0.309 e. The van der Waals surface area contributed by atoms with E-state index in [4.69, 9.17) is 15.6 Å². The molecule has 0 unspecified atom stereocenters. The van der Waals surface area contributed by atoms with E-state index < -0.39 is 6.04 Å². The molecule has 1 heterocycles. The third kappa shape index (κ3) is 2.83. The van der Waals surface area contributed by atoms with Crippen LogP contribution in [0.25, 0.3) is 0 Å². The lowest BCUT2D eigenvalue weighted by atomic mass is 9.91. The van der Waals surface area contributed by atoms with Gasteiger partial charge in [-0.05, 0) is 12.3 Å². The van der Waals surface area contributed by atoms with Crippen LogP contribution in [0.1, 0.15) is 20.3 Å². The number of carbonyl (C=O) groups excluding carboxylic acids is 1. The van der Waals surface area contributed by atoms with Gasteiger partial charge in [0.25, 0.3) is 0 Å². The summed E-state index contributed by atoms with van der Waals surface area (Å²) in [6.07, 6.45) is 0.336. The van der Waals surface area contributed by atoms with E-state index in [1.807, 2.05) is 13.8 Å². The molecule has 0 amide bonds. The Morgan fingerprint density at radius 3 is 2.57 bits per heavy atom. The third-order valence-electron chi connectivity index (χ3n) is 2.55. The summed E-state index contributed by atoms with van der Waals surface area (Å²) in [6, 6.07) is -0.437. The number of cyclic esters (lactones) is 1. The van der Waals surface area contributed by atoms with Crippen LogP contribution in [0.4, 0.5) is 0 Å². The maximum absolute atomic E-state index is 11.3. The van der Waals surface area contributed by atoms with E-state index in [0.717, 1.165) is 0 Å². The Balaban J connectivity index is 0.00000169. The standard InChI is InChI=1S/C9H17NO3.ClH/c1-5(2)6-3-8(7(10)4-11)13-9(6)12;/h5-8,11H,3-4,10H2,1-2H3;1H/t6-,7-,8-;/m0./s1. The Kier molecular flexibility index (Phi) is 5.41. The van der Waals surface area contributed by atoms with Crippen molar-refractivity contribution in [3.63, 3.8) is 0 Å². The van der Waals surface area contributed by atoms with Crippen molar-refractivity contribution >= 4 is 18.4 Å². The molecule has 1 aliphatic heterocycles. The Morgan fingerprint density at radius 1 is 1.64 bits per heavy atom. The van der Waals surface area contributed by atoms with Crippen molar-refractivity contribution in [2.24, 2.45) is 17.6 Å². The summed E-state index contributed by atoms with van der Waals surface area (Å²) < 4.78 is 5.06. The lowest BCUT2D eigenvalue weighted by Crippen LogP contribution is -2.37. The molecule has 0 aromatic rings. The first-order chi connectivity index (χ1) is 6.06. The Hall–Kier alpha value is -0.320. The van der Waals surface area contributed by atoms with Gasteiger partial charge >= 0.3 is 5.97 Å². The molecule has 0 radical (unpaired) electrons. The van der Waals surface area contributed by atoms with E-state index in [0.29, 0.717) is 6.42 Å². The highest BCUT2D eigenvalue weighted by Crippen LogP contribution is 2.28. The summed E-state index contributed by atoms with van der Waals surface area (Å²) in [4.78, 5) is 11.3. The van der Waals surface area contributed by atoms with Crippen molar-refractivity contribution < 1.29 is 14.6 Å². The van der Waals surface area contributed by atoms with Crippen LogP contribution in [-0.2, 0) is 9.53 Å². The molecular weight excluding hydrogens is 206 g/mol. The Morgan fingerprint density at radius 2 is 2.21 bits per heavy atom. The van der Waals surface area contributed by atoms with Crippen molar-refractivity contribution in [1.29, 1.82) is 0 Å². The van der Waals surface area contributed by atoms with E-state index >= 15 is 0 Å². The molecule has 1 saturated heterocycles. The van der Waals surface area contributed by atoms with Crippen molar-refractivity contribution in [2.75, 3.05) is 6.61 Å². The molecule has 3 atom stereocenters. The topological polar surface area (TPSA) is 72.6 Å². The summed E-state index contributed by atoms with van der Waals surface area (Å²) in [5.41, 5.74) is 5.58. The van der Waals surface area contributed by atoms with E-state index in [9.17, 15) is 4.79 Å². The van der Waals surface area contributed by atoms with Crippen molar-refractivity contribution in [2.45, 2.75) is 32.4 Å². The van der Waals surface area contributed by atoms with E-state index in [1.54, 1.807) is 0 Å². The lowest BCUT2D eigenvalue weighted by Gasteiger charge is -2.15. The quantitative estimate of drug-likeness (QED) is 0.676. The zero-order chi connectivity index (χ0) is 10.0. The minimum Gasteiger partial charge on any atom is -0.460 e. The number of hydrogen-bond acceptors (Lipinski definition) is 4. The van der Waals surface area contributed by atoms with Crippen LogP contribution >= 0.6 is 12.4 Å². The minimum absolute atomic E-state index is 0. The summed E-state index contributed by atoms with van der Waals surface area (Å²) in [5, 5.41) is 8.79. The first kappa shape index (κ1) is 13.7. The van der Waals surface area contributed by atoms with Crippen LogP contribution in [-0.4, -0.2) is 29.8 Å². The number of hydrogen-bond donors (Lipinski definition) is 2. The third-order valence-corrected chi connectivity index (χ3v) is 2.55. The molecule has 0 spiro atoms. The number of carbonyl (C=O) groups is 1. The molecule has 0 aliphatic carbocycles. The molecule has 5 heteroatoms. The Labute approximate surface area is 90.2 Å². The monoisotopic (exact) mass is 223 g/mol. The molecule has 84 valence electrons. The highest BCUT2D eigenvalue weighted by molar-refractivity contribution is 5.85. The number of aliphatic hydroxyl groups excluding tert-OH is 1. The van der Waals surface area contributed by atoms with Crippen molar-refractivity contribution in [3.8, 4) is 0 Å². The van der Waals surface area contributed by atoms with E-state index in [2.05, 4.69) is 0 Å². The Bertz CT molecular complexity index is 198. The molecule has 0 aromatic heterocycles. The van der Waals surface area contributed by atoms with Gasteiger partial charge in [0.1, 0.15) is 6.10 Å². The maximum Gasteiger partial charge on any atom is 0.309 e. The summed E-state index contributed by atoms with van der Waals surface area (Å²) in [6.45, 7) is 3.83. The number of nitrogens with two attached hydrogens (primary N) is 1. The number of rotatable bonds is 3. The molecular formula is C9H18ClNO3. The van der Waals surface area contributed by atoms with Gasteiger partial charge in [-0.1, -0.05) is 13.8 Å². The molecule has 0 bridgehead atoms. The highest BCUT2D eigenvalue weighted by Gasteiger charge is 2.38. The predicted octanol–water partition coefficient (Wildman–Crippen LogP) is 0.315. The normalized spacial score (nSPS) is 28.5. The fraction of sp³-hybridized carbons (Fsp3) is 0.889. The van der Waals surface area contributed by atoms with Crippen LogP contribution in [0.3, 0.4) is 0 Å². The molecule has 1 fully saturated rings. The fourth-order valence-electron chi connectivity index (χ4n) is 1.56. The van der Waals surface area contributed by atoms with E-state index in [1.165, 1.54) is 0 Å². The van der Waals surface area contributed by atoms with E-state index in [-0.39, 0.29) is 42.9 Å². The zero-order valence-electron chi connectivity index (χ0n) is 8.47. The number of esters is 1. The van der Waals surface area contributed by atoms with Crippen molar-refractivity contribution in [1.82, 2.24) is 0 Å². The van der Waals surface area contributed by atoms with Gasteiger partial charge in [0.05, 0.1) is 18.6 Å². The first-order valence-corrected chi connectivity index (χ1v) is 4.63. The maximum atomic E-state index is 11.3. The van der Waals surface area contributed by atoms with Gasteiger partial charge in [-0.2, -0.15) is 0 Å². The number of halogens is 1. The molecule has 3 N–H and O–H groups in total. The van der Waals surface area contributed by atoms with Gasteiger partial charge in [-0.3, -0.25) is 4.79 Å². The van der Waals surface area contributed by atoms with Gasteiger partial charge in [0.15, 0.2) is 0 Å². The summed E-state index contributed by atoms with van der Waals surface area (Å²) in [5.74, 6) is 0.0508. The minimum atomic E-state index is -0.437. The summed E-state index contributed by atoms with van der Waals surface area (Å²) >= 11 is 0. The first-order valence-electron chi connectivity index (χ1n) is 4.63. The molecule has 0 saturated carbocycles. The van der Waals surface area contributed by atoms with Crippen LogP contribution in [0, 0.1) is 11.8 Å². The second kappa shape index (κ2) is 5.53. The second-order valence-corrected chi connectivity index (χ2v) is 3.91. The zero-order valence-corrected chi connectivity index (χ0v) is 9.29. The van der Waals surface area contributed by atoms with Gasteiger partial charge in [-0.15, -0.1) is 12.4 Å². The largest absolute Gasteiger partial charge is 0.460 e. The SMILES string of the molecule is CC(C)[C@@H]1C[C@@H]([C@@H](N)CO)OC1=O.Cl. The van der Waals surface area contributed by atoms with Gasteiger partial charge in [-0.25, -0.2) is 0 Å². The predicted molar refractivity (Wildman–Crippen MR) is 55.1 cm³/mol. The molecule has 14 heavy (non-hydrogen) atoms.